The highest BCUT2D eigenvalue weighted by Gasteiger charge is 2.49. The number of fused-ring (bicyclic) bond motifs is 2. The Labute approximate surface area is 86.6 Å². The first-order chi connectivity index (χ1) is 6.88. The van der Waals surface area contributed by atoms with E-state index in [0.29, 0.717) is 0 Å². The zero-order valence-electron chi connectivity index (χ0n) is 8.91. The first kappa shape index (κ1) is 8.15. The monoisotopic (exact) mass is 191 g/mol. The third-order valence-electron chi connectivity index (χ3n) is 5.28. The van der Waals surface area contributed by atoms with E-state index in [1.165, 1.54) is 19.3 Å². The van der Waals surface area contributed by atoms with Crippen LogP contribution in [0.4, 0.5) is 0 Å². The number of hydrogen-bond donors (Lipinski definition) is 1. The Morgan fingerprint density at radius 2 is 1.57 bits per heavy atom. The summed E-state index contributed by atoms with van der Waals surface area (Å²) in [6.45, 7) is 0. The van der Waals surface area contributed by atoms with Gasteiger partial charge in [-0.3, -0.25) is 0 Å². The fourth-order valence-electron chi connectivity index (χ4n) is 4.70. The van der Waals surface area contributed by atoms with Gasteiger partial charge in [-0.1, -0.05) is 0 Å². The lowest BCUT2D eigenvalue weighted by molar-refractivity contribution is 0.136. The van der Waals surface area contributed by atoms with Crippen LogP contribution in [0.1, 0.15) is 44.9 Å². The molecule has 14 heavy (non-hydrogen) atoms. The molecule has 78 valence electrons. The van der Waals surface area contributed by atoms with Crippen LogP contribution in [-0.4, -0.2) is 12.1 Å². The summed E-state index contributed by atoms with van der Waals surface area (Å²) in [5.74, 6) is 4.45. The fourth-order valence-corrected chi connectivity index (χ4v) is 4.70. The van der Waals surface area contributed by atoms with Crippen molar-refractivity contribution in [3.05, 3.63) is 0 Å². The summed E-state index contributed by atoms with van der Waals surface area (Å²) in [5, 5.41) is 3.92. The summed E-state index contributed by atoms with van der Waals surface area (Å²) in [4.78, 5) is 0. The van der Waals surface area contributed by atoms with Gasteiger partial charge in [-0.05, 0) is 68.6 Å². The summed E-state index contributed by atoms with van der Waals surface area (Å²) in [5.41, 5.74) is 0. The van der Waals surface area contributed by atoms with Crippen LogP contribution in [-0.2, 0) is 0 Å². The Bertz CT molecular complexity index is 244. The molecule has 0 aromatic carbocycles. The summed E-state index contributed by atoms with van der Waals surface area (Å²) in [6, 6.07) is 1.86. The zero-order valence-corrected chi connectivity index (χ0v) is 8.91. The molecule has 0 heterocycles. The van der Waals surface area contributed by atoms with Crippen molar-refractivity contribution >= 4 is 0 Å². The molecule has 0 radical (unpaired) electrons. The normalized spacial score (nSPS) is 55.3. The highest BCUT2D eigenvalue weighted by Crippen LogP contribution is 2.55. The van der Waals surface area contributed by atoms with E-state index in [9.17, 15) is 0 Å². The van der Waals surface area contributed by atoms with E-state index in [2.05, 4.69) is 5.32 Å². The molecule has 0 aromatic rings. The molecule has 0 amide bonds. The fraction of sp³-hybridized carbons (Fsp3) is 1.00. The maximum atomic E-state index is 3.92. The van der Waals surface area contributed by atoms with Crippen molar-refractivity contribution in [2.75, 3.05) is 0 Å². The van der Waals surface area contributed by atoms with Crippen molar-refractivity contribution in [3.63, 3.8) is 0 Å². The molecule has 5 atom stereocenters. The molecular weight excluding hydrogens is 170 g/mol. The molecule has 4 saturated carbocycles. The third-order valence-corrected chi connectivity index (χ3v) is 5.28. The van der Waals surface area contributed by atoms with Crippen molar-refractivity contribution in [3.8, 4) is 0 Å². The number of nitrogens with one attached hydrogen (secondary N) is 1. The van der Waals surface area contributed by atoms with Gasteiger partial charge < -0.3 is 5.32 Å². The summed E-state index contributed by atoms with van der Waals surface area (Å²) in [6.07, 6.45) is 10.8. The number of rotatable bonds is 2. The molecule has 1 N–H and O–H groups in total. The van der Waals surface area contributed by atoms with Crippen LogP contribution in [0.5, 0.6) is 0 Å². The highest BCUT2D eigenvalue weighted by molar-refractivity contribution is 5.02. The van der Waals surface area contributed by atoms with Gasteiger partial charge in [-0.25, -0.2) is 0 Å². The summed E-state index contributed by atoms with van der Waals surface area (Å²) >= 11 is 0. The molecule has 5 unspecified atom stereocenters. The average Bonchev–Trinajstić information content (AvgIpc) is 2.91. The van der Waals surface area contributed by atoms with Crippen LogP contribution in [0.2, 0.25) is 0 Å². The molecule has 4 rings (SSSR count). The quantitative estimate of drug-likeness (QED) is 0.707. The van der Waals surface area contributed by atoms with Crippen LogP contribution >= 0.6 is 0 Å². The molecular formula is C13H21N. The van der Waals surface area contributed by atoms with E-state index in [4.69, 9.17) is 0 Å². The van der Waals surface area contributed by atoms with Gasteiger partial charge in [0.05, 0.1) is 0 Å². The molecule has 1 heteroatoms. The average molecular weight is 191 g/mol. The molecule has 0 spiro atoms. The lowest BCUT2D eigenvalue weighted by Gasteiger charge is -2.40. The van der Waals surface area contributed by atoms with Crippen LogP contribution in [0.15, 0.2) is 0 Å². The van der Waals surface area contributed by atoms with E-state index in [0.717, 1.165) is 35.8 Å². The van der Waals surface area contributed by atoms with E-state index in [-0.39, 0.29) is 0 Å². The zero-order chi connectivity index (χ0) is 9.12. The van der Waals surface area contributed by atoms with Crippen LogP contribution in [0.3, 0.4) is 0 Å². The molecule has 0 aromatic heterocycles. The van der Waals surface area contributed by atoms with E-state index >= 15 is 0 Å². The lowest BCUT2D eigenvalue weighted by Crippen LogP contribution is -2.44. The van der Waals surface area contributed by atoms with Crippen molar-refractivity contribution in [1.82, 2.24) is 5.32 Å². The Morgan fingerprint density at radius 1 is 0.786 bits per heavy atom. The topological polar surface area (TPSA) is 12.0 Å². The smallest absolute Gasteiger partial charge is 0.0103 e. The van der Waals surface area contributed by atoms with Crippen molar-refractivity contribution < 1.29 is 0 Å². The Hall–Kier alpha value is -0.0400. The highest BCUT2D eigenvalue weighted by atomic mass is 15.0. The van der Waals surface area contributed by atoms with E-state index in [1.807, 2.05) is 0 Å². The molecule has 0 aliphatic heterocycles. The van der Waals surface area contributed by atoms with Crippen LogP contribution < -0.4 is 5.32 Å². The minimum absolute atomic E-state index is 0.927. The van der Waals surface area contributed by atoms with Gasteiger partial charge >= 0.3 is 0 Å². The van der Waals surface area contributed by atoms with Gasteiger partial charge in [-0.2, -0.15) is 0 Å². The predicted molar refractivity (Wildman–Crippen MR) is 57.0 cm³/mol. The molecule has 4 aliphatic carbocycles. The maximum absolute atomic E-state index is 3.92. The van der Waals surface area contributed by atoms with Crippen LogP contribution in [0.25, 0.3) is 0 Å². The van der Waals surface area contributed by atoms with Gasteiger partial charge in [-0.15, -0.1) is 0 Å². The summed E-state index contributed by atoms with van der Waals surface area (Å²) in [7, 11) is 0. The number of hydrogen-bond acceptors (Lipinski definition) is 1. The van der Waals surface area contributed by atoms with Crippen molar-refractivity contribution in [1.29, 1.82) is 0 Å². The van der Waals surface area contributed by atoms with Gasteiger partial charge in [0, 0.05) is 12.1 Å². The molecule has 3 bridgehead atoms. The Balaban J connectivity index is 1.56. The molecule has 0 saturated heterocycles. The van der Waals surface area contributed by atoms with Gasteiger partial charge in [0.15, 0.2) is 0 Å². The largest absolute Gasteiger partial charge is 0.311 e. The van der Waals surface area contributed by atoms with E-state index in [1.54, 1.807) is 25.7 Å². The molecule has 1 nitrogen and oxygen atoms in total. The minimum Gasteiger partial charge on any atom is -0.311 e. The van der Waals surface area contributed by atoms with Gasteiger partial charge in [0.1, 0.15) is 0 Å². The second-order valence-corrected chi connectivity index (χ2v) is 6.38. The van der Waals surface area contributed by atoms with Gasteiger partial charge in [0.2, 0.25) is 0 Å². The predicted octanol–water partition coefficient (Wildman–Crippen LogP) is 2.56. The second kappa shape index (κ2) is 2.75. The summed E-state index contributed by atoms with van der Waals surface area (Å²) < 4.78 is 0. The minimum atomic E-state index is 0.927. The lowest BCUT2D eigenvalue weighted by atomic mass is 9.70. The Kier molecular flexibility index (Phi) is 1.60. The third kappa shape index (κ3) is 1.18. The van der Waals surface area contributed by atoms with Crippen molar-refractivity contribution in [2.45, 2.75) is 57.0 Å². The van der Waals surface area contributed by atoms with Crippen LogP contribution in [0, 0.1) is 23.7 Å². The molecule has 4 fully saturated rings. The maximum Gasteiger partial charge on any atom is 0.0103 e. The van der Waals surface area contributed by atoms with E-state index < -0.39 is 0 Å². The Morgan fingerprint density at radius 3 is 2.36 bits per heavy atom. The van der Waals surface area contributed by atoms with Gasteiger partial charge in [0.25, 0.3) is 0 Å². The SMILES string of the molecule is C1C2CC3CC1CC3C(NC1CC1)C2. The standard InChI is InChI=1S/C13H21N/c1-2-11(1)14-13-7-9-3-8-4-10(5-9)12(13)6-8/h8-14H,1-7H2. The first-order valence-corrected chi connectivity index (χ1v) is 6.64. The second-order valence-electron chi connectivity index (χ2n) is 6.38. The molecule has 4 aliphatic rings. The first-order valence-electron chi connectivity index (χ1n) is 6.64. The van der Waals surface area contributed by atoms with Crippen molar-refractivity contribution in [2.24, 2.45) is 23.7 Å².